The van der Waals surface area contributed by atoms with Crippen LogP contribution in [0.2, 0.25) is 0 Å². The van der Waals surface area contributed by atoms with Crippen LogP contribution in [0.4, 0.5) is 13.2 Å². The maximum atomic E-state index is 12.9. The number of likely N-dealkylation sites (N-methyl/N-ethyl adjacent to an activating group) is 1. The van der Waals surface area contributed by atoms with Gasteiger partial charge in [0.05, 0.1) is 11.5 Å². The number of likely N-dealkylation sites (tertiary alicyclic amines) is 2. The monoisotopic (exact) mass is 472 g/mol. The second kappa shape index (κ2) is 9.76. The Labute approximate surface area is 188 Å². The van der Waals surface area contributed by atoms with Crippen molar-refractivity contribution in [2.24, 2.45) is 5.41 Å². The van der Waals surface area contributed by atoms with E-state index in [1.54, 1.807) is 18.4 Å². The van der Waals surface area contributed by atoms with E-state index in [0.717, 1.165) is 44.0 Å². The van der Waals surface area contributed by atoms with Crippen LogP contribution in [0, 0.1) is 5.41 Å². The number of aliphatic carboxylic acids is 1. The molecule has 1 spiro atoms. The molecule has 1 aromatic heterocycles. The number of hydrogen-bond acceptors (Lipinski definition) is 5. The number of halogens is 3. The first-order valence-corrected chi connectivity index (χ1v) is 11.1. The SMILES string of the molecule is COCC1CC2(CCN(C(=O)c3cc4ccccc4s3)CC2)CN1C.O=C(O)C(F)(F)F. The maximum absolute atomic E-state index is 12.9. The number of carboxylic acids is 1. The Hall–Kier alpha value is -2.17. The first-order chi connectivity index (χ1) is 15.0. The molecule has 32 heavy (non-hydrogen) atoms. The Balaban J connectivity index is 0.000000360. The number of carbonyl (C=O) groups is 2. The number of carbonyl (C=O) groups excluding carboxylic acids is 1. The number of benzene rings is 1. The van der Waals surface area contributed by atoms with Crippen molar-refractivity contribution in [1.29, 1.82) is 0 Å². The molecule has 2 aliphatic heterocycles. The summed E-state index contributed by atoms with van der Waals surface area (Å²) in [6.07, 6.45) is -1.68. The summed E-state index contributed by atoms with van der Waals surface area (Å²) in [5.74, 6) is -2.55. The van der Waals surface area contributed by atoms with Crippen molar-refractivity contribution in [2.75, 3.05) is 40.4 Å². The Bertz CT molecular complexity index is 921. The maximum Gasteiger partial charge on any atom is 0.490 e. The molecule has 1 aromatic carbocycles. The standard InChI is InChI=1S/C20H26N2O2S.C2HF3O2/c1-21-14-20(12-16(21)13-24-2)7-9-22(10-8-20)19(23)18-11-15-5-3-4-6-17(15)25-18;3-2(4,5)1(6)7/h3-6,11,16H,7-10,12-14H2,1-2H3;(H,6,7). The smallest absolute Gasteiger partial charge is 0.475 e. The fraction of sp³-hybridized carbons (Fsp3) is 0.545. The molecule has 10 heteroatoms. The van der Waals surface area contributed by atoms with Gasteiger partial charge < -0.3 is 19.6 Å². The number of alkyl halides is 3. The van der Waals surface area contributed by atoms with Gasteiger partial charge in [-0.2, -0.15) is 13.2 Å². The van der Waals surface area contributed by atoms with E-state index >= 15 is 0 Å². The number of hydrogen-bond donors (Lipinski definition) is 1. The Morgan fingerprint density at radius 2 is 1.88 bits per heavy atom. The van der Waals surface area contributed by atoms with Gasteiger partial charge in [-0.25, -0.2) is 4.79 Å². The summed E-state index contributed by atoms with van der Waals surface area (Å²) < 4.78 is 38.3. The molecule has 1 amide bonds. The summed E-state index contributed by atoms with van der Waals surface area (Å²) in [5.41, 5.74) is 0.370. The van der Waals surface area contributed by atoms with Crippen molar-refractivity contribution >= 4 is 33.3 Å². The van der Waals surface area contributed by atoms with Gasteiger partial charge in [0.2, 0.25) is 0 Å². The second-order valence-electron chi connectivity index (χ2n) is 8.47. The highest BCUT2D eigenvalue weighted by molar-refractivity contribution is 7.20. The summed E-state index contributed by atoms with van der Waals surface area (Å²) in [6.45, 7) is 3.69. The molecule has 2 aromatic rings. The van der Waals surface area contributed by atoms with Gasteiger partial charge in [0.15, 0.2) is 0 Å². The number of piperidine rings is 1. The minimum Gasteiger partial charge on any atom is -0.475 e. The van der Waals surface area contributed by atoms with Crippen molar-refractivity contribution in [3.63, 3.8) is 0 Å². The summed E-state index contributed by atoms with van der Waals surface area (Å²) in [5, 5.41) is 8.30. The Kier molecular flexibility index (Phi) is 7.46. The number of methoxy groups -OCH3 is 1. The predicted octanol–water partition coefficient (Wildman–Crippen LogP) is 4.11. The average Bonchev–Trinajstić information content (AvgIpc) is 3.29. The summed E-state index contributed by atoms with van der Waals surface area (Å²) in [7, 11) is 3.98. The molecule has 1 atom stereocenters. The quantitative estimate of drug-likeness (QED) is 0.728. The van der Waals surface area contributed by atoms with Gasteiger partial charge in [-0.15, -0.1) is 11.3 Å². The van der Waals surface area contributed by atoms with Gasteiger partial charge in [-0.1, -0.05) is 18.2 Å². The van der Waals surface area contributed by atoms with Crippen molar-refractivity contribution in [1.82, 2.24) is 9.80 Å². The summed E-state index contributed by atoms with van der Waals surface area (Å²) in [6, 6.07) is 10.8. The van der Waals surface area contributed by atoms with Crippen LogP contribution in [0.15, 0.2) is 30.3 Å². The molecular formula is C22H27F3N2O4S. The van der Waals surface area contributed by atoms with Crippen molar-refractivity contribution in [3.8, 4) is 0 Å². The summed E-state index contributed by atoms with van der Waals surface area (Å²) in [4.78, 5) is 27.2. The molecule has 0 bridgehead atoms. The third-order valence-corrected chi connectivity index (χ3v) is 7.33. The lowest BCUT2D eigenvalue weighted by atomic mass is 9.76. The highest BCUT2D eigenvalue weighted by Gasteiger charge is 2.44. The zero-order valence-corrected chi connectivity index (χ0v) is 18.8. The molecule has 2 aliphatic rings. The minimum absolute atomic E-state index is 0.204. The number of fused-ring (bicyclic) bond motifs is 1. The van der Waals surface area contributed by atoms with Gasteiger partial charge in [0, 0.05) is 37.5 Å². The van der Waals surface area contributed by atoms with E-state index < -0.39 is 12.1 Å². The topological polar surface area (TPSA) is 70.1 Å². The van der Waals surface area contributed by atoms with E-state index in [4.69, 9.17) is 14.6 Å². The van der Waals surface area contributed by atoms with Gasteiger partial charge in [-0.05, 0) is 49.2 Å². The second-order valence-corrected chi connectivity index (χ2v) is 9.56. The third kappa shape index (κ3) is 5.60. The number of rotatable bonds is 3. The number of carboxylic acid groups (broad SMARTS) is 1. The van der Waals surface area contributed by atoms with Gasteiger partial charge in [0.25, 0.3) is 5.91 Å². The molecule has 0 aliphatic carbocycles. The van der Waals surface area contributed by atoms with Crippen LogP contribution in [0.5, 0.6) is 0 Å². The molecule has 0 radical (unpaired) electrons. The van der Waals surface area contributed by atoms with Gasteiger partial charge in [-0.3, -0.25) is 4.79 Å². The van der Waals surface area contributed by atoms with Gasteiger partial charge in [0.1, 0.15) is 0 Å². The first-order valence-electron chi connectivity index (χ1n) is 10.3. The number of thiophene rings is 1. The average molecular weight is 473 g/mol. The van der Waals surface area contributed by atoms with E-state index in [0.29, 0.717) is 11.5 Å². The van der Waals surface area contributed by atoms with E-state index in [9.17, 15) is 18.0 Å². The van der Waals surface area contributed by atoms with Crippen LogP contribution in [0.1, 0.15) is 28.9 Å². The first kappa shape index (κ1) is 24.5. The molecular weight excluding hydrogens is 445 g/mol. The largest absolute Gasteiger partial charge is 0.490 e. The molecule has 1 N–H and O–H groups in total. The fourth-order valence-corrected chi connectivity index (χ4v) is 5.58. The lowest BCUT2D eigenvalue weighted by Gasteiger charge is -2.39. The Morgan fingerprint density at radius 3 is 2.44 bits per heavy atom. The van der Waals surface area contributed by atoms with Crippen molar-refractivity contribution in [3.05, 3.63) is 35.2 Å². The zero-order chi connectivity index (χ0) is 23.5. The molecule has 3 heterocycles. The third-order valence-electron chi connectivity index (χ3n) is 6.23. The molecule has 2 fully saturated rings. The van der Waals surface area contributed by atoms with Crippen LogP contribution in [-0.4, -0.2) is 79.4 Å². The van der Waals surface area contributed by atoms with Crippen molar-refractivity contribution in [2.45, 2.75) is 31.5 Å². The summed E-state index contributed by atoms with van der Waals surface area (Å²) >= 11 is 1.61. The normalized spacial score (nSPS) is 20.9. The van der Waals surface area contributed by atoms with Crippen LogP contribution in [-0.2, 0) is 9.53 Å². The van der Waals surface area contributed by atoms with E-state index in [2.05, 4.69) is 29.0 Å². The van der Waals surface area contributed by atoms with Crippen LogP contribution in [0.3, 0.4) is 0 Å². The van der Waals surface area contributed by atoms with Crippen molar-refractivity contribution < 1.29 is 32.6 Å². The molecule has 0 saturated carbocycles. The molecule has 176 valence electrons. The van der Waals surface area contributed by atoms with Crippen LogP contribution < -0.4 is 0 Å². The number of nitrogens with zero attached hydrogens (tertiary/aromatic N) is 2. The highest BCUT2D eigenvalue weighted by Crippen LogP contribution is 2.43. The molecule has 2 saturated heterocycles. The minimum atomic E-state index is -5.08. The van der Waals surface area contributed by atoms with E-state index in [1.165, 1.54) is 16.5 Å². The predicted molar refractivity (Wildman–Crippen MR) is 116 cm³/mol. The lowest BCUT2D eigenvalue weighted by molar-refractivity contribution is -0.192. The van der Waals surface area contributed by atoms with Gasteiger partial charge >= 0.3 is 12.1 Å². The van der Waals surface area contributed by atoms with E-state index in [1.807, 2.05) is 18.2 Å². The van der Waals surface area contributed by atoms with E-state index in [-0.39, 0.29) is 5.91 Å². The van der Waals surface area contributed by atoms with Crippen LogP contribution in [0.25, 0.3) is 10.1 Å². The molecule has 1 unspecified atom stereocenters. The highest BCUT2D eigenvalue weighted by atomic mass is 32.1. The number of ether oxygens (including phenoxy) is 1. The van der Waals surface area contributed by atoms with Crippen LogP contribution >= 0.6 is 11.3 Å². The number of amides is 1. The lowest BCUT2D eigenvalue weighted by Crippen LogP contribution is -2.43. The fourth-order valence-electron chi connectivity index (χ4n) is 4.55. The molecule has 6 nitrogen and oxygen atoms in total. The zero-order valence-electron chi connectivity index (χ0n) is 18.0. The Morgan fingerprint density at radius 1 is 1.25 bits per heavy atom. The molecule has 4 rings (SSSR count).